The van der Waals surface area contributed by atoms with E-state index in [1.807, 2.05) is 91.0 Å². The van der Waals surface area contributed by atoms with Gasteiger partial charge in [0, 0.05) is 21.3 Å². The van der Waals surface area contributed by atoms with Crippen LogP contribution in [0.5, 0.6) is 0 Å². The summed E-state index contributed by atoms with van der Waals surface area (Å²) in [5.74, 6) is -0.245. The average Bonchev–Trinajstić information content (AvgIpc) is 2.91. The molecule has 0 radical (unpaired) electrons. The van der Waals surface area contributed by atoms with Gasteiger partial charge in [-0.05, 0) is 16.7 Å². The van der Waals surface area contributed by atoms with Crippen molar-refractivity contribution < 1.29 is 28.5 Å². The lowest BCUT2D eigenvalue weighted by Crippen LogP contribution is -2.58. The molecule has 3 aromatic carbocycles. The lowest BCUT2D eigenvalue weighted by atomic mass is 9.80. The van der Waals surface area contributed by atoms with Crippen molar-refractivity contribution in [3.63, 3.8) is 0 Å². The van der Waals surface area contributed by atoms with Gasteiger partial charge in [0.1, 0.15) is 23.9 Å². The molecule has 4 atom stereocenters. The van der Waals surface area contributed by atoms with Gasteiger partial charge in [0.05, 0.1) is 6.61 Å². The summed E-state index contributed by atoms with van der Waals surface area (Å²) in [6.45, 7) is -0.00628. The van der Waals surface area contributed by atoms with Crippen LogP contribution in [-0.4, -0.2) is 58.3 Å². The van der Waals surface area contributed by atoms with Crippen molar-refractivity contribution in [2.45, 2.75) is 30.2 Å². The molecule has 1 fully saturated rings. The van der Waals surface area contributed by atoms with E-state index in [9.17, 15) is 4.79 Å². The van der Waals surface area contributed by atoms with Crippen LogP contribution in [0.25, 0.3) is 0 Å². The number of carbonyl (C=O) groups excluding carboxylic acids is 1. The predicted molar refractivity (Wildman–Crippen MR) is 127 cm³/mol. The Kier molecular flexibility index (Phi) is 7.88. The zero-order valence-electron chi connectivity index (χ0n) is 19.6. The van der Waals surface area contributed by atoms with Gasteiger partial charge in [0.15, 0.2) is 12.1 Å². The van der Waals surface area contributed by atoms with Crippen molar-refractivity contribution in [3.05, 3.63) is 108 Å². The molecule has 34 heavy (non-hydrogen) atoms. The first-order valence-corrected chi connectivity index (χ1v) is 11.2. The molecule has 6 nitrogen and oxygen atoms in total. The summed E-state index contributed by atoms with van der Waals surface area (Å²) in [4.78, 5) is 13.2. The molecule has 4 rings (SSSR count). The van der Waals surface area contributed by atoms with Crippen LogP contribution in [-0.2, 0) is 34.1 Å². The maximum atomic E-state index is 13.2. The Labute approximate surface area is 200 Å². The summed E-state index contributed by atoms with van der Waals surface area (Å²) >= 11 is 0. The van der Waals surface area contributed by atoms with Crippen LogP contribution in [0.15, 0.2) is 91.0 Å². The van der Waals surface area contributed by atoms with Gasteiger partial charge in [-0.3, -0.25) is 4.79 Å². The molecule has 0 bridgehead atoms. The molecule has 6 heteroatoms. The Morgan fingerprint density at radius 3 is 1.56 bits per heavy atom. The summed E-state index contributed by atoms with van der Waals surface area (Å²) in [6.07, 6.45) is -3.14. The maximum absolute atomic E-state index is 13.2. The Bertz CT molecular complexity index is 944. The largest absolute Gasteiger partial charge is 0.373 e. The van der Waals surface area contributed by atoms with E-state index in [4.69, 9.17) is 23.7 Å². The fourth-order valence-electron chi connectivity index (χ4n) is 4.56. The number of benzene rings is 3. The fraction of sp³-hybridized carbons (Fsp3) is 0.321. The first kappa shape index (κ1) is 24.3. The molecule has 1 aliphatic rings. The Morgan fingerprint density at radius 1 is 0.706 bits per heavy atom. The normalized spacial score (nSPS) is 23.1. The monoisotopic (exact) mass is 462 g/mol. The fourth-order valence-corrected chi connectivity index (χ4v) is 4.56. The average molecular weight is 463 g/mol. The van der Waals surface area contributed by atoms with Crippen LogP contribution in [0.1, 0.15) is 16.7 Å². The van der Waals surface area contributed by atoms with E-state index in [1.54, 1.807) is 0 Å². The van der Waals surface area contributed by atoms with Gasteiger partial charge in [0.25, 0.3) is 0 Å². The Hall–Kier alpha value is -2.87. The summed E-state index contributed by atoms with van der Waals surface area (Å²) in [5, 5.41) is 0. The lowest BCUT2D eigenvalue weighted by Gasteiger charge is -2.41. The van der Waals surface area contributed by atoms with Gasteiger partial charge in [0.2, 0.25) is 0 Å². The summed E-state index contributed by atoms with van der Waals surface area (Å²) in [5.41, 5.74) is 1.86. The number of ketones is 1. The molecule has 0 saturated carbocycles. The van der Waals surface area contributed by atoms with Crippen LogP contribution in [0.4, 0.5) is 0 Å². The zero-order chi connectivity index (χ0) is 24.0. The van der Waals surface area contributed by atoms with E-state index >= 15 is 0 Å². The minimum absolute atomic E-state index is 0.00628. The van der Waals surface area contributed by atoms with E-state index in [-0.39, 0.29) is 12.4 Å². The third-order valence-corrected chi connectivity index (χ3v) is 6.21. The molecule has 0 spiro atoms. The van der Waals surface area contributed by atoms with Crippen molar-refractivity contribution in [3.8, 4) is 0 Å². The van der Waals surface area contributed by atoms with Crippen molar-refractivity contribution in [1.82, 2.24) is 0 Å². The highest BCUT2D eigenvalue weighted by atomic mass is 16.7. The van der Waals surface area contributed by atoms with Gasteiger partial charge in [-0.2, -0.15) is 0 Å². The molecule has 1 aliphatic heterocycles. The molecule has 0 aliphatic carbocycles. The van der Waals surface area contributed by atoms with Gasteiger partial charge in [-0.1, -0.05) is 91.0 Å². The van der Waals surface area contributed by atoms with Crippen LogP contribution in [0, 0.1) is 0 Å². The highest BCUT2D eigenvalue weighted by Gasteiger charge is 2.47. The van der Waals surface area contributed by atoms with E-state index in [0.717, 1.165) is 16.7 Å². The number of hydrogen-bond acceptors (Lipinski definition) is 6. The predicted octanol–water partition coefficient (Wildman–Crippen LogP) is 3.97. The maximum Gasteiger partial charge on any atom is 0.195 e. The standard InChI is InChI=1S/C28H30O6/c1-30-25-24(29)23(34-27(32-3)26(25)31-2)19-33-28(20-13-7-4-8-14-20,21-15-9-5-10-16-21)22-17-11-6-12-18-22/h4-18,23,25-27H,19H2,1-3H3/t23-,25+,26-,27+/m1/s1. The quantitative estimate of drug-likeness (QED) is 0.449. The second-order valence-electron chi connectivity index (χ2n) is 8.08. The van der Waals surface area contributed by atoms with Gasteiger partial charge >= 0.3 is 0 Å². The van der Waals surface area contributed by atoms with Crippen LogP contribution in [0.2, 0.25) is 0 Å². The van der Waals surface area contributed by atoms with Crippen molar-refractivity contribution in [2.75, 3.05) is 27.9 Å². The van der Waals surface area contributed by atoms with Crippen molar-refractivity contribution in [2.24, 2.45) is 0 Å². The number of carbonyl (C=O) groups is 1. The molecule has 0 unspecified atom stereocenters. The van der Waals surface area contributed by atoms with Gasteiger partial charge < -0.3 is 23.7 Å². The summed E-state index contributed by atoms with van der Waals surface area (Å²) < 4.78 is 29.1. The molecule has 0 amide bonds. The SMILES string of the molecule is CO[C@H]1O[C@H](COC(c2ccccc2)(c2ccccc2)c2ccccc2)C(=O)[C@H](OC)[C@H]1OC. The second-order valence-corrected chi connectivity index (χ2v) is 8.08. The first-order chi connectivity index (χ1) is 16.7. The first-order valence-electron chi connectivity index (χ1n) is 11.2. The van der Waals surface area contributed by atoms with Gasteiger partial charge in [-0.25, -0.2) is 0 Å². The summed E-state index contributed by atoms with van der Waals surface area (Å²) in [6, 6.07) is 29.9. The number of Topliss-reactive ketones (excluding diaryl/α,β-unsaturated/α-hetero) is 1. The molecule has 1 saturated heterocycles. The molecule has 0 aromatic heterocycles. The number of rotatable bonds is 9. The van der Waals surface area contributed by atoms with Crippen LogP contribution < -0.4 is 0 Å². The van der Waals surface area contributed by atoms with Crippen LogP contribution >= 0.6 is 0 Å². The molecule has 0 N–H and O–H groups in total. The molecule has 178 valence electrons. The third kappa shape index (κ3) is 4.56. The minimum atomic E-state index is -0.962. The van der Waals surface area contributed by atoms with E-state index in [1.165, 1.54) is 21.3 Å². The number of hydrogen-bond donors (Lipinski definition) is 0. The lowest BCUT2D eigenvalue weighted by molar-refractivity contribution is -0.261. The number of methoxy groups -OCH3 is 3. The Morgan fingerprint density at radius 2 is 1.18 bits per heavy atom. The van der Waals surface area contributed by atoms with E-state index in [0.29, 0.717) is 0 Å². The molecular weight excluding hydrogens is 432 g/mol. The highest BCUT2D eigenvalue weighted by molar-refractivity contribution is 5.89. The van der Waals surface area contributed by atoms with Gasteiger partial charge in [-0.15, -0.1) is 0 Å². The van der Waals surface area contributed by atoms with Crippen molar-refractivity contribution >= 4 is 5.78 Å². The molecule has 1 heterocycles. The third-order valence-electron chi connectivity index (χ3n) is 6.21. The topological polar surface area (TPSA) is 63.2 Å². The summed E-state index contributed by atoms with van der Waals surface area (Å²) in [7, 11) is 4.49. The Balaban J connectivity index is 1.76. The van der Waals surface area contributed by atoms with Crippen LogP contribution in [0.3, 0.4) is 0 Å². The second kappa shape index (κ2) is 11.0. The molecule has 3 aromatic rings. The molecular formula is C28H30O6. The highest BCUT2D eigenvalue weighted by Crippen LogP contribution is 2.41. The smallest absolute Gasteiger partial charge is 0.195 e. The zero-order valence-corrected chi connectivity index (χ0v) is 19.6. The van der Waals surface area contributed by atoms with Crippen molar-refractivity contribution in [1.29, 1.82) is 0 Å². The van der Waals surface area contributed by atoms with E-state index < -0.39 is 30.2 Å². The minimum Gasteiger partial charge on any atom is -0.373 e. The number of ether oxygens (including phenoxy) is 5. The van der Waals surface area contributed by atoms with E-state index in [2.05, 4.69) is 0 Å².